The Balaban J connectivity index is 2.05. The number of nitrogens with zero attached hydrogens (tertiary/aromatic N) is 4. The second kappa shape index (κ2) is 6.85. The molecule has 1 atom stereocenters. The number of rotatable bonds is 5. The standard InChI is InChI=1S/C18H30N4O/c1-7-8-15-19-13(2)9-16(20-15)21(6)11-14-10-17(23)22(12-14)18(3,4)5/h9,14H,7-8,10-12H2,1-6H3/t14-/m0/s1. The van der Waals surface area contributed by atoms with E-state index in [0.29, 0.717) is 12.3 Å². The molecule has 2 rings (SSSR count). The Bertz CT molecular complexity index is 565. The quantitative estimate of drug-likeness (QED) is 0.837. The van der Waals surface area contributed by atoms with Crippen LogP contribution in [0.1, 0.15) is 52.1 Å². The number of likely N-dealkylation sites (tertiary alicyclic amines) is 1. The normalized spacial score (nSPS) is 18.6. The van der Waals surface area contributed by atoms with Crippen LogP contribution in [0.2, 0.25) is 0 Å². The molecule has 1 saturated heterocycles. The van der Waals surface area contributed by atoms with Crippen molar-refractivity contribution in [1.82, 2.24) is 14.9 Å². The monoisotopic (exact) mass is 318 g/mol. The number of hydrogen-bond donors (Lipinski definition) is 0. The zero-order valence-electron chi connectivity index (χ0n) is 15.4. The minimum Gasteiger partial charge on any atom is -0.359 e. The first-order chi connectivity index (χ1) is 10.7. The van der Waals surface area contributed by atoms with Crippen LogP contribution >= 0.6 is 0 Å². The van der Waals surface area contributed by atoms with Crippen molar-refractivity contribution in [2.24, 2.45) is 5.92 Å². The van der Waals surface area contributed by atoms with E-state index in [9.17, 15) is 4.79 Å². The molecular formula is C18H30N4O. The van der Waals surface area contributed by atoms with Crippen LogP contribution in [0.25, 0.3) is 0 Å². The molecule has 0 radical (unpaired) electrons. The van der Waals surface area contributed by atoms with Gasteiger partial charge in [0.2, 0.25) is 5.91 Å². The SMILES string of the molecule is CCCc1nc(C)cc(N(C)C[C@@H]2CC(=O)N(C(C)(C)C)C2)n1. The lowest BCUT2D eigenvalue weighted by Crippen LogP contribution is -2.42. The highest BCUT2D eigenvalue weighted by atomic mass is 16.2. The molecule has 23 heavy (non-hydrogen) atoms. The van der Waals surface area contributed by atoms with Crippen molar-refractivity contribution in [3.05, 3.63) is 17.6 Å². The van der Waals surface area contributed by atoms with Gasteiger partial charge in [-0.3, -0.25) is 4.79 Å². The Morgan fingerprint density at radius 2 is 2.04 bits per heavy atom. The molecule has 1 aromatic rings. The molecule has 1 aliphatic rings. The van der Waals surface area contributed by atoms with Crippen LogP contribution in [-0.4, -0.2) is 46.5 Å². The summed E-state index contributed by atoms with van der Waals surface area (Å²) in [6.07, 6.45) is 2.58. The average molecular weight is 318 g/mol. The number of carbonyl (C=O) groups is 1. The molecule has 5 heteroatoms. The van der Waals surface area contributed by atoms with Gasteiger partial charge in [-0.2, -0.15) is 0 Å². The molecule has 0 N–H and O–H groups in total. The summed E-state index contributed by atoms with van der Waals surface area (Å²) in [5, 5.41) is 0. The summed E-state index contributed by atoms with van der Waals surface area (Å²) in [5.74, 6) is 2.49. The molecule has 0 spiro atoms. The van der Waals surface area contributed by atoms with Gasteiger partial charge in [0.15, 0.2) is 0 Å². The lowest BCUT2D eigenvalue weighted by molar-refractivity contribution is -0.131. The van der Waals surface area contributed by atoms with E-state index in [-0.39, 0.29) is 11.4 Å². The van der Waals surface area contributed by atoms with Crippen molar-refractivity contribution in [2.45, 2.75) is 59.4 Å². The minimum absolute atomic E-state index is 0.0931. The molecule has 0 bridgehead atoms. The molecule has 1 amide bonds. The van der Waals surface area contributed by atoms with Crippen molar-refractivity contribution in [3.63, 3.8) is 0 Å². The Hall–Kier alpha value is -1.65. The second-order valence-electron chi connectivity index (χ2n) is 7.66. The zero-order chi connectivity index (χ0) is 17.2. The Morgan fingerprint density at radius 3 is 2.61 bits per heavy atom. The van der Waals surface area contributed by atoms with Crippen LogP contribution < -0.4 is 4.90 Å². The maximum Gasteiger partial charge on any atom is 0.223 e. The molecule has 1 aliphatic heterocycles. The molecule has 0 aromatic carbocycles. The summed E-state index contributed by atoms with van der Waals surface area (Å²) in [7, 11) is 2.06. The Kier molecular flexibility index (Phi) is 5.27. The van der Waals surface area contributed by atoms with Crippen LogP contribution in [0, 0.1) is 12.8 Å². The first kappa shape index (κ1) is 17.7. The van der Waals surface area contributed by atoms with E-state index in [1.807, 2.05) is 17.9 Å². The second-order valence-corrected chi connectivity index (χ2v) is 7.66. The van der Waals surface area contributed by atoms with Crippen molar-refractivity contribution < 1.29 is 4.79 Å². The van der Waals surface area contributed by atoms with E-state index in [1.54, 1.807) is 0 Å². The molecule has 2 heterocycles. The molecule has 1 aromatic heterocycles. The van der Waals surface area contributed by atoms with E-state index < -0.39 is 0 Å². The van der Waals surface area contributed by atoms with Gasteiger partial charge in [-0.1, -0.05) is 6.92 Å². The van der Waals surface area contributed by atoms with E-state index >= 15 is 0 Å². The lowest BCUT2D eigenvalue weighted by Gasteiger charge is -2.32. The van der Waals surface area contributed by atoms with E-state index in [0.717, 1.165) is 43.3 Å². The fraction of sp³-hybridized carbons (Fsp3) is 0.722. The summed E-state index contributed by atoms with van der Waals surface area (Å²) >= 11 is 0. The number of aryl methyl sites for hydroxylation is 2. The highest BCUT2D eigenvalue weighted by Crippen LogP contribution is 2.27. The Labute approximate surface area is 140 Å². The van der Waals surface area contributed by atoms with Crippen LogP contribution in [0.3, 0.4) is 0 Å². The van der Waals surface area contributed by atoms with Crippen molar-refractivity contribution in [1.29, 1.82) is 0 Å². The molecule has 128 valence electrons. The fourth-order valence-electron chi connectivity index (χ4n) is 3.18. The molecule has 0 saturated carbocycles. The maximum atomic E-state index is 12.2. The van der Waals surface area contributed by atoms with Gasteiger partial charge in [-0.25, -0.2) is 9.97 Å². The Morgan fingerprint density at radius 1 is 1.35 bits per heavy atom. The number of anilines is 1. The van der Waals surface area contributed by atoms with Gasteiger partial charge in [0.25, 0.3) is 0 Å². The van der Waals surface area contributed by atoms with Crippen molar-refractivity contribution in [2.75, 3.05) is 25.0 Å². The van der Waals surface area contributed by atoms with Gasteiger partial charge in [-0.15, -0.1) is 0 Å². The topological polar surface area (TPSA) is 49.3 Å². The number of carbonyl (C=O) groups excluding carboxylic acids is 1. The van der Waals surface area contributed by atoms with Crippen LogP contribution in [0.5, 0.6) is 0 Å². The molecule has 1 fully saturated rings. The minimum atomic E-state index is -0.0931. The summed E-state index contributed by atoms with van der Waals surface area (Å²) < 4.78 is 0. The largest absolute Gasteiger partial charge is 0.359 e. The summed E-state index contributed by atoms with van der Waals surface area (Å²) in [6.45, 7) is 12.1. The first-order valence-electron chi connectivity index (χ1n) is 8.57. The van der Waals surface area contributed by atoms with Gasteiger partial charge < -0.3 is 9.80 Å². The van der Waals surface area contributed by atoms with Gasteiger partial charge in [0, 0.05) is 56.2 Å². The molecule has 0 aliphatic carbocycles. The summed E-state index contributed by atoms with van der Waals surface area (Å²) in [6, 6.07) is 2.03. The van der Waals surface area contributed by atoms with Crippen LogP contribution in [-0.2, 0) is 11.2 Å². The zero-order valence-corrected chi connectivity index (χ0v) is 15.4. The van der Waals surface area contributed by atoms with E-state index in [4.69, 9.17) is 0 Å². The lowest BCUT2D eigenvalue weighted by atomic mass is 10.1. The predicted molar refractivity (Wildman–Crippen MR) is 93.6 cm³/mol. The number of hydrogen-bond acceptors (Lipinski definition) is 4. The molecule has 5 nitrogen and oxygen atoms in total. The van der Waals surface area contributed by atoms with Crippen molar-refractivity contribution >= 4 is 11.7 Å². The van der Waals surface area contributed by atoms with E-state index in [2.05, 4.69) is 49.6 Å². The van der Waals surface area contributed by atoms with Gasteiger partial charge in [0.05, 0.1) is 0 Å². The predicted octanol–water partition coefficient (Wildman–Crippen LogP) is 2.82. The van der Waals surface area contributed by atoms with Gasteiger partial charge >= 0.3 is 0 Å². The van der Waals surface area contributed by atoms with Crippen LogP contribution in [0.4, 0.5) is 5.82 Å². The third-order valence-electron chi connectivity index (χ3n) is 4.30. The fourth-order valence-corrected chi connectivity index (χ4v) is 3.18. The molecular weight excluding hydrogens is 288 g/mol. The third-order valence-corrected chi connectivity index (χ3v) is 4.30. The van der Waals surface area contributed by atoms with E-state index in [1.165, 1.54) is 0 Å². The summed E-state index contributed by atoms with van der Waals surface area (Å²) in [4.78, 5) is 25.6. The smallest absolute Gasteiger partial charge is 0.223 e. The average Bonchev–Trinajstić information content (AvgIpc) is 2.79. The highest BCUT2D eigenvalue weighted by molar-refractivity contribution is 5.79. The highest BCUT2D eigenvalue weighted by Gasteiger charge is 2.36. The maximum absolute atomic E-state index is 12.2. The summed E-state index contributed by atoms with van der Waals surface area (Å²) in [5.41, 5.74) is 0.911. The number of aromatic nitrogens is 2. The molecule has 0 unspecified atom stereocenters. The van der Waals surface area contributed by atoms with Crippen molar-refractivity contribution in [3.8, 4) is 0 Å². The van der Waals surface area contributed by atoms with Gasteiger partial charge in [0.1, 0.15) is 11.6 Å². The van der Waals surface area contributed by atoms with Crippen LogP contribution in [0.15, 0.2) is 6.07 Å². The number of amides is 1. The van der Waals surface area contributed by atoms with Gasteiger partial charge in [-0.05, 0) is 34.1 Å². The first-order valence-corrected chi connectivity index (χ1v) is 8.57. The third kappa shape index (κ3) is 4.43.